The first-order chi connectivity index (χ1) is 7.04. The van der Waals surface area contributed by atoms with E-state index in [1.165, 1.54) is 0 Å². The first-order valence-electron chi connectivity index (χ1n) is 4.96. The van der Waals surface area contributed by atoms with Crippen LogP contribution in [0, 0.1) is 0 Å². The van der Waals surface area contributed by atoms with Crippen LogP contribution in [0.2, 0.25) is 0 Å². The first-order valence-corrected chi connectivity index (χ1v) is 4.96. The standard InChI is InChI=1S/C11H17N3O.ClH/c1-8(12)11(15)14(3)9(2)10-4-6-13-7-5-10;/h4-9H,12H2,1-3H3;1H/t8-,9?;/m0./s1. The van der Waals surface area contributed by atoms with E-state index in [9.17, 15) is 4.79 Å². The molecule has 2 atom stereocenters. The Morgan fingerprint density at radius 2 is 1.88 bits per heavy atom. The van der Waals surface area contributed by atoms with Crippen molar-refractivity contribution in [3.05, 3.63) is 30.1 Å². The summed E-state index contributed by atoms with van der Waals surface area (Å²) >= 11 is 0. The van der Waals surface area contributed by atoms with Crippen molar-refractivity contribution >= 4 is 18.3 Å². The molecule has 0 aliphatic heterocycles. The fraction of sp³-hybridized carbons (Fsp3) is 0.455. The molecule has 0 radical (unpaired) electrons. The number of nitrogens with zero attached hydrogens (tertiary/aromatic N) is 2. The van der Waals surface area contributed by atoms with Crippen LogP contribution >= 0.6 is 12.4 Å². The van der Waals surface area contributed by atoms with Crippen molar-refractivity contribution in [2.24, 2.45) is 5.73 Å². The summed E-state index contributed by atoms with van der Waals surface area (Å²) in [5.74, 6) is -0.0562. The molecule has 1 unspecified atom stereocenters. The van der Waals surface area contributed by atoms with Gasteiger partial charge in [-0.1, -0.05) is 0 Å². The second-order valence-electron chi connectivity index (χ2n) is 3.69. The molecule has 16 heavy (non-hydrogen) atoms. The molecule has 1 amide bonds. The van der Waals surface area contributed by atoms with Crippen molar-refractivity contribution in [1.29, 1.82) is 0 Å². The minimum atomic E-state index is -0.459. The number of amides is 1. The predicted octanol–water partition coefficient (Wildman–Crippen LogP) is 1.37. The van der Waals surface area contributed by atoms with Gasteiger partial charge in [0.25, 0.3) is 0 Å². The monoisotopic (exact) mass is 243 g/mol. The molecule has 5 heteroatoms. The SMILES string of the molecule is CC(c1ccncc1)N(C)C(=O)[C@H](C)N.Cl. The quantitative estimate of drug-likeness (QED) is 0.872. The van der Waals surface area contributed by atoms with Crippen LogP contribution in [0.5, 0.6) is 0 Å². The molecular formula is C11H18ClN3O. The third kappa shape index (κ3) is 3.47. The first kappa shape index (κ1) is 14.9. The summed E-state index contributed by atoms with van der Waals surface area (Å²) in [7, 11) is 1.76. The average molecular weight is 244 g/mol. The van der Waals surface area contributed by atoms with E-state index in [0.717, 1.165) is 5.56 Å². The largest absolute Gasteiger partial charge is 0.338 e. The van der Waals surface area contributed by atoms with Crippen molar-refractivity contribution in [2.75, 3.05) is 7.05 Å². The van der Waals surface area contributed by atoms with E-state index in [4.69, 9.17) is 5.73 Å². The van der Waals surface area contributed by atoms with E-state index in [1.807, 2.05) is 19.1 Å². The maximum absolute atomic E-state index is 11.6. The maximum atomic E-state index is 11.6. The molecule has 90 valence electrons. The van der Waals surface area contributed by atoms with Crippen LogP contribution < -0.4 is 5.73 Å². The summed E-state index contributed by atoms with van der Waals surface area (Å²) < 4.78 is 0. The smallest absolute Gasteiger partial charge is 0.239 e. The van der Waals surface area contributed by atoms with Gasteiger partial charge in [-0.15, -0.1) is 12.4 Å². The minimum Gasteiger partial charge on any atom is -0.338 e. The molecule has 0 spiro atoms. The molecule has 4 nitrogen and oxygen atoms in total. The predicted molar refractivity (Wildman–Crippen MR) is 66.3 cm³/mol. The molecule has 0 aromatic carbocycles. The third-order valence-corrected chi connectivity index (χ3v) is 2.51. The number of aromatic nitrogens is 1. The highest BCUT2D eigenvalue weighted by atomic mass is 35.5. The maximum Gasteiger partial charge on any atom is 0.239 e. The summed E-state index contributed by atoms with van der Waals surface area (Å²) in [5, 5.41) is 0. The van der Waals surface area contributed by atoms with Gasteiger partial charge in [0, 0.05) is 19.4 Å². The molecule has 1 rings (SSSR count). The zero-order chi connectivity index (χ0) is 11.4. The molecule has 0 aliphatic rings. The molecule has 1 aromatic rings. The summed E-state index contributed by atoms with van der Waals surface area (Å²) in [6, 6.07) is 3.36. The lowest BCUT2D eigenvalue weighted by Crippen LogP contribution is -2.40. The van der Waals surface area contributed by atoms with Gasteiger partial charge in [-0.3, -0.25) is 9.78 Å². The van der Waals surface area contributed by atoms with Crippen LogP contribution in [-0.4, -0.2) is 28.9 Å². The summed E-state index contributed by atoms with van der Waals surface area (Å²) in [5.41, 5.74) is 6.61. The molecule has 2 N–H and O–H groups in total. The number of nitrogens with two attached hydrogens (primary N) is 1. The van der Waals surface area contributed by atoms with Gasteiger partial charge in [0.05, 0.1) is 12.1 Å². The van der Waals surface area contributed by atoms with Gasteiger partial charge in [0.1, 0.15) is 0 Å². The fourth-order valence-electron chi connectivity index (χ4n) is 1.38. The number of halogens is 1. The molecule has 1 aromatic heterocycles. The van der Waals surface area contributed by atoms with Crippen LogP contribution in [-0.2, 0) is 4.79 Å². The number of carbonyl (C=O) groups is 1. The zero-order valence-corrected chi connectivity index (χ0v) is 10.6. The third-order valence-electron chi connectivity index (χ3n) is 2.51. The average Bonchev–Trinajstić information content (AvgIpc) is 2.27. The van der Waals surface area contributed by atoms with Gasteiger partial charge < -0.3 is 10.6 Å². The highest BCUT2D eigenvalue weighted by Gasteiger charge is 2.19. The van der Waals surface area contributed by atoms with Crippen molar-refractivity contribution in [2.45, 2.75) is 25.9 Å². The summed E-state index contributed by atoms with van der Waals surface area (Å²) in [6.45, 7) is 3.66. The molecule has 0 fully saturated rings. The van der Waals surface area contributed by atoms with E-state index in [2.05, 4.69) is 4.98 Å². The van der Waals surface area contributed by atoms with Gasteiger partial charge in [0.15, 0.2) is 0 Å². The molecular weight excluding hydrogens is 226 g/mol. The minimum absolute atomic E-state index is 0. The highest BCUT2D eigenvalue weighted by molar-refractivity contribution is 5.85. The Balaban J connectivity index is 0.00000225. The van der Waals surface area contributed by atoms with E-state index in [0.29, 0.717) is 0 Å². The van der Waals surface area contributed by atoms with Crippen LogP contribution in [0.25, 0.3) is 0 Å². The number of pyridine rings is 1. The Kier molecular flexibility index (Phi) is 6.00. The second-order valence-corrected chi connectivity index (χ2v) is 3.69. The van der Waals surface area contributed by atoms with Gasteiger partial charge in [0.2, 0.25) is 5.91 Å². The molecule has 0 aliphatic carbocycles. The molecule has 1 heterocycles. The van der Waals surface area contributed by atoms with E-state index in [1.54, 1.807) is 31.3 Å². The van der Waals surface area contributed by atoms with Crippen LogP contribution in [0.15, 0.2) is 24.5 Å². The number of hydrogen-bond donors (Lipinski definition) is 1. The van der Waals surface area contributed by atoms with E-state index in [-0.39, 0.29) is 24.4 Å². The topological polar surface area (TPSA) is 59.2 Å². The van der Waals surface area contributed by atoms with Gasteiger partial charge in [-0.2, -0.15) is 0 Å². The van der Waals surface area contributed by atoms with E-state index < -0.39 is 6.04 Å². The highest BCUT2D eigenvalue weighted by Crippen LogP contribution is 2.17. The Bertz CT molecular complexity index is 329. The molecule has 0 saturated carbocycles. The summed E-state index contributed by atoms with van der Waals surface area (Å²) in [4.78, 5) is 17.2. The lowest BCUT2D eigenvalue weighted by molar-refractivity contribution is -0.132. The number of likely N-dealkylation sites (N-methyl/N-ethyl adjacent to an activating group) is 1. The van der Waals surface area contributed by atoms with Crippen LogP contribution in [0.4, 0.5) is 0 Å². The lowest BCUT2D eigenvalue weighted by Gasteiger charge is -2.26. The van der Waals surface area contributed by atoms with E-state index >= 15 is 0 Å². The Morgan fingerprint density at radius 3 is 2.31 bits per heavy atom. The number of carbonyl (C=O) groups excluding carboxylic acids is 1. The fourth-order valence-corrected chi connectivity index (χ4v) is 1.38. The van der Waals surface area contributed by atoms with Gasteiger partial charge in [-0.25, -0.2) is 0 Å². The Morgan fingerprint density at radius 1 is 1.38 bits per heavy atom. The zero-order valence-electron chi connectivity index (χ0n) is 9.75. The number of rotatable bonds is 3. The van der Waals surface area contributed by atoms with Crippen LogP contribution in [0.3, 0.4) is 0 Å². The van der Waals surface area contributed by atoms with Crippen molar-refractivity contribution < 1.29 is 4.79 Å². The Labute approximate surface area is 102 Å². The summed E-state index contributed by atoms with van der Waals surface area (Å²) in [6.07, 6.45) is 3.44. The molecule has 0 bridgehead atoms. The molecule has 0 saturated heterocycles. The Hall–Kier alpha value is -1.13. The number of hydrogen-bond acceptors (Lipinski definition) is 3. The van der Waals surface area contributed by atoms with Crippen molar-refractivity contribution in [3.8, 4) is 0 Å². The van der Waals surface area contributed by atoms with Crippen molar-refractivity contribution in [3.63, 3.8) is 0 Å². The lowest BCUT2D eigenvalue weighted by atomic mass is 10.1. The van der Waals surface area contributed by atoms with Gasteiger partial charge in [-0.05, 0) is 31.5 Å². The van der Waals surface area contributed by atoms with Crippen molar-refractivity contribution in [1.82, 2.24) is 9.88 Å². The van der Waals surface area contributed by atoms with Gasteiger partial charge >= 0.3 is 0 Å². The van der Waals surface area contributed by atoms with Crippen LogP contribution in [0.1, 0.15) is 25.5 Å². The second kappa shape index (κ2) is 6.45. The normalized spacial score (nSPS) is 13.5.